The van der Waals surface area contributed by atoms with Crippen LogP contribution in [0.3, 0.4) is 0 Å². The molecule has 0 spiro atoms. The number of urea groups is 1. The fourth-order valence-corrected chi connectivity index (χ4v) is 2.09. The van der Waals surface area contributed by atoms with E-state index in [1.165, 1.54) is 0 Å². The smallest absolute Gasteiger partial charge is 0.340 e. The number of ether oxygens (including phenoxy) is 1. The van der Waals surface area contributed by atoms with Gasteiger partial charge in [0.1, 0.15) is 6.10 Å². The second-order valence-electron chi connectivity index (χ2n) is 4.05. The van der Waals surface area contributed by atoms with Gasteiger partial charge >= 0.3 is 6.03 Å². The number of carbonyl (C=O) groups is 2. The highest BCUT2D eigenvalue weighted by molar-refractivity contribution is 6.18. The van der Waals surface area contributed by atoms with E-state index in [9.17, 15) is 14.5 Å². The van der Waals surface area contributed by atoms with E-state index >= 15 is 0 Å². The largest absolute Gasteiger partial charge is 0.465 e. The van der Waals surface area contributed by atoms with Crippen molar-refractivity contribution in [2.75, 3.05) is 12.4 Å². The summed E-state index contributed by atoms with van der Waals surface area (Å²) in [6, 6.07) is -0.561. The number of halogens is 1. The van der Waals surface area contributed by atoms with E-state index < -0.39 is 6.03 Å². The van der Waals surface area contributed by atoms with Crippen LogP contribution in [0.5, 0.6) is 0 Å². The van der Waals surface area contributed by atoms with E-state index in [1.54, 1.807) is 0 Å². The lowest BCUT2D eigenvalue weighted by Crippen LogP contribution is -2.45. The van der Waals surface area contributed by atoms with Gasteiger partial charge < -0.3 is 10.1 Å². The Morgan fingerprint density at radius 2 is 2.11 bits per heavy atom. The third-order valence-electron chi connectivity index (χ3n) is 2.88. The number of nitroso groups, excluding NO2 is 1. The fraction of sp³-hybridized carbons (Fsp3) is 0.800. The van der Waals surface area contributed by atoms with Crippen LogP contribution in [0.2, 0.25) is 0 Å². The summed E-state index contributed by atoms with van der Waals surface area (Å²) in [5.74, 6) is 0.152. The summed E-state index contributed by atoms with van der Waals surface area (Å²) >= 11 is 5.45. The Kier molecular flexibility index (Phi) is 6.42. The summed E-state index contributed by atoms with van der Waals surface area (Å²) < 4.78 is 4.85. The molecule has 0 saturated heterocycles. The Morgan fingerprint density at radius 3 is 2.61 bits per heavy atom. The molecule has 7 nitrogen and oxygen atoms in total. The van der Waals surface area contributed by atoms with Gasteiger partial charge in [-0.25, -0.2) is 4.79 Å². The average Bonchev–Trinajstić information content (AvgIpc) is 2.38. The van der Waals surface area contributed by atoms with Crippen LogP contribution < -0.4 is 5.32 Å². The number of nitrogens with zero attached hydrogens (tertiary/aromatic N) is 2. The predicted molar refractivity (Wildman–Crippen MR) is 64.9 cm³/mol. The normalized spacial score (nSPS) is 22.9. The van der Waals surface area contributed by atoms with Crippen LogP contribution in [0, 0.1) is 4.91 Å². The number of rotatable bonds is 6. The molecule has 1 aliphatic carbocycles. The molecule has 1 fully saturated rings. The Morgan fingerprint density at radius 1 is 1.44 bits per heavy atom. The van der Waals surface area contributed by atoms with E-state index in [2.05, 4.69) is 10.6 Å². The lowest BCUT2D eigenvalue weighted by Gasteiger charge is -2.28. The molecular weight excluding hydrogens is 262 g/mol. The third kappa shape index (κ3) is 4.48. The van der Waals surface area contributed by atoms with E-state index in [0.29, 0.717) is 32.2 Å². The van der Waals surface area contributed by atoms with Crippen LogP contribution in [0.4, 0.5) is 4.79 Å². The second kappa shape index (κ2) is 7.86. The van der Waals surface area contributed by atoms with Crippen molar-refractivity contribution in [3.63, 3.8) is 0 Å². The lowest BCUT2D eigenvalue weighted by molar-refractivity contribution is -0.135. The fourth-order valence-electron chi connectivity index (χ4n) is 1.93. The number of carbonyl (C=O) groups excluding carboxylic acids is 2. The van der Waals surface area contributed by atoms with Crippen molar-refractivity contribution in [2.45, 2.75) is 37.8 Å². The van der Waals surface area contributed by atoms with E-state index in [0.717, 1.165) is 5.01 Å². The van der Waals surface area contributed by atoms with Crippen molar-refractivity contribution < 1.29 is 14.3 Å². The number of alkyl halides is 1. The van der Waals surface area contributed by atoms with Gasteiger partial charge in [0, 0.05) is 11.9 Å². The molecule has 0 aromatic carbocycles. The highest BCUT2D eigenvalue weighted by Crippen LogP contribution is 2.20. The first-order valence-corrected chi connectivity index (χ1v) is 6.31. The minimum Gasteiger partial charge on any atom is -0.465 e. The molecule has 8 heteroatoms. The van der Waals surface area contributed by atoms with Crippen LogP contribution in [-0.4, -0.2) is 42.1 Å². The van der Waals surface area contributed by atoms with Crippen LogP contribution >= 0.6 is 11.6 Å². The molecule has 102 valence electrons. The zero-order chi connectivity index (χ0) is 13.4. The third-order valence-corrected chi connectivity index (χ3v) is 3.05. The zero-order valence-corrected chi connectivity index (χ0v) is 10.6. The number of hydrogen-bond donors (Lipinski definition) is 1. The Hall–Kier alpha value is -1.37. The van der Waals surface area contributed by atoms with Gasteiger partial charge in [0.2, 0.25) is 0 Å². The van der Waals surface area contributed by atoms with E-state index in [4.69, 9.17) is 16.3 Å². The maximum absolute atomic E-state index is 11.6. The van der Waals surface area contributed by atoms with Gasteiger partial charge in [0.15, 0.2) is 0 Å². The molecule has 18 heavy (non-hydrogen) atoms. The molecule has 0 aromatic heterocycles. The maximum atomic E-state index is 11.6. The van der Waals surface area contributed by atoms with Gasteiger partial charge in [-0.2, -0.15) is 5.01 Å². The zero-order valence-electron chi connectivity index (χ0n) is 9.88. The van der Waals surface area contributed by atoms with Crippen LogP contribution in [0.25, 0.3) is 0 Å². The predicted octanol–water partition coefficient (Wildman–Crippen LogP) is 1.40. The van der Waals surface area contributed by atoms with Crippen molar-refractivity contribution in [3.8, 4) is 0 Å². The first-order chi connectivity index (χ1) is 8.71. The molecular formula is C10H16ClN3O4. The second-order valence-corrected chi connectivity index (χ2v) is 4.43. The quantitative estimate of drug-likeness (QED) is 0.344. The molecule has 0 unspecified atom stereocenters. The maximum Gasteiger partial charge on any atom is 0.340 e. The summed E-state index contributed by atoms with van der Waals surface area (Å²) in [5.41, 5.74) is 0. The highest BCUT2D eigenvalue weighted by Gasteiger charge is 2.25. The summed E-state index contributed by atoms with van der Waals surface area (Å²) in [4.78, 5) is 32.2. The molecule has 0 bridgehead atoms. The summed E-state index contributed by atoms with van der Waals surface area (Å²) in [6.45, 7) is 0.530. The molecule has 0 aliphatic heterocycles. The lowest BCUT2D eigenvalue weighted by atomic mass is 9.93. The molecule has 1 aliphatic rings. The molecule has 2 amide bonds. The molecule has 0 atom stereocenters. The monoisotopic (exact) mass is 277 g/mol. The molecule has 1 saturated carbocycles. The van der Waals surface area contributed by atoms with E-state index in [1.807, 2.05) is 0 Å². The minimum absolute atomic E-state index is 0.0245. The van der Waals surface area contributed by atoms with E-state index in [-0.39, 0.29) is 24.6 Å². The molecule has 0 aromatic rings. The first-order valence-electron chi connectivity index (χ1n) is 5.77. The standard InChI is InChI=1S/C10H16ClN3O4/c11-5-6-14(13-17)10(16)12-8-1-3-9(4-2-8)18-7-15/h7-9H,1-6H2,(H,12,16). The number of nitrogens with one attached hydrogen (secondary N) is 1. The van der Waals surface area contributed by atoms with Crippen molar-refractivity contribution in [1.82, 2.24) is 10.3 Å². The van der Waals surface area contributed by atoms with Gasteiger partial charge in [-0.05, 0) is 25.7 Å². The summed E-state index contributed by atoms with van der Waals surface area (Å²) in [7, 11) is 0. The molecule has 1 N–H and O–H groups in total. The van der Waals surface area contributed by atoms with Crippen LogP contribution in [0.1, 0.15) is 25.7 Å². The van der Waals surface area contributed by atoms with Gasteiger partial charge in [-0.1, -0.05) is 0 Å². The average molecular weight is 278 g/mol. The van der Waals surface area contributed by atoms with Crippen LogP contribution in [0.15, 0.2) is 5.29 Å². The Balaban J connectivity index is 2.33. The number of hydrogen-bond acceptors (Lipinski definition) is 5. The van der Waals surface area contributed by atoms with Gasteiger partial charge in [-0.3, -0.25) is 4.79 Å². The Bertz CT molecular complexity index is 295. The first kappa shape index (κ1) is 14.7. The molecule has 0 heterocycles. The highest BCUT2D eigenvalue weighted by atomic mass is 35.5. The minimum atomic E-state index is -0.537. The van der Waals surface area contributed by atoms with Gasteiger partial charge in [-0.15, -0.1) is 16.5 Å². The molecule has 1 rings (SSSR count). The van der Waals surface area contributed by atoms with Crippen molar-refractivity contribution >= 4 is 24.1 Å². The number of amides is 2. The Labute approximate surface area is 110 Å². The molecule has 0 radical (unpaired) electrons. The van der Waals surface area contributed by atoms with Crippen molar-refractivity contribution in [2.24, 2.45) is 5.29 Å². The SMILES string of the molecule is O=COC1CCC(NC(=O)N(CCCl)N=O)CC1. The summed E-state index contributed by atoms with van der Waals surface area (Å²) in [5, 5.41) is 6.08. The van der Waals surface area contributed by atoms with Crippen LogP contribution in [-0.2, 0) is 9.53 Å². The van der Waals surface area contributed by atoms with Gasteiger partial charge in [0.25, 0.3) is 6.47 Å². The van der Waals surface area contributed by atoms with Crippen molar-refractivity contribution in [1.29, 1.82) is 0 Å². The van der Waals surface area contributed by atoms with Gasteiger partial charge in [0.05, 0.1) is 11.8 Å². The topological polar surface area (TPSA) is 88.1 Å². The summed E-state index contributed by atoms with van der Waals surface area (Å²) in [6.07, 6.45) is 2.75. The van der Waals surface area contributed by atoms with Crippen molar-refractivity contribution in [3.05, 3.63) is 4.91 Å².